The molecule has 1 aromatic carbocycles. The molecule has 1 amide bonds. The second kappa shape index (κ2) is 6.08. The minimum atomic E-state index is -0.142. The first kappa shape index (κ1) is 13.8. The van der Waals surface area contributed by atoms with Crippen molar-refractivity contribution in [2.45, 2.75) is 38.6 Å². The fraction of sp³-hybridized carbons (Fsp3) is 0.438. The summed E-state index contributed by atoms with van der Waals surface area (Å²) in [7, 11) is 0. The van der Waals surface area contributed by atoms with Gasteiger partial charge in [0.25, 0.3) is 0 Å². The maximum atomic E-state index is 12.5. The largest absolute Gasteiger partial charge is 0.412 e. The summed E-state index contributed by atoms with van der Waals surface area (Å²) in [5, 5.41) is 7.92. The van der Waals surface area contributed by atoms with E-state index >= 15 is 0 Å². The minimum absolute atomic E-state index is 0.0919. The number of amides is 1. The first-order chi connectivity index (χ1) is 10.3. The van der Waals surface area contributed by atoms with Crippen molar-refractivity contribution in [2.75, 3.05) is 6.54 Å². The molecule has 21 heavy (non-hydrogen) atoms. The van der Waals surface area contributed by atoms with Crippen LogP contribution < -0.4 is 0 Å². The highest BCUT2D eigenvalue weighted by Crippen LogP contribution is 2.23. The molecule has 0 aliphatic carbocycles. The molecule has 3 rings (SSSR count). The van der Waals surface area contributed by atoms with Gasteiger partial charge >= 0.3 is 11.8 Å². The van der Waals surface area contributed by atoms with Crippen molar-refractivity contribution < 1.29 is 9.21 Å². The van der Waals surface area contributed by atoms with Gasteiger partial charge in [0.15, 0.2) is 0 Å². The summed E-state index contributed by atoms with van der Waals surface area (Å²) in [6.45, 7) is 2.89. The van der Waals surface area contributed by atoms with Crippen molar-refractivity contribution in [3.8, 4) is 11.5 Å². The molecule has 0 spiro atoms. The number of aromatic nitrogens is 2. The number of rotatable bonds is 3. The average Bonchev–Trinajstić information content (AvgIpc) is 3.05. The highest BCUT2D eigenvalue weighted by molar-refractivity contribution is 5.90. The van der Waals surface area contributed by atoms with Gasteiger partial charge in [0.05, 0.1) is 0 Å². The number of piperidine rings is 1. The molecule has 2 aromatic rings. The Bertz CT molecular complexity index is 609. The van der Waals surface area contributed by atoms with Crippen LogP contribution in [0.5, 0.6) is 0 Å². The van der Waals surface area contributed by atoms with E-state index in [2.05, 4.69) is 17.1 Å². The Morgan fingerprint density at radius 2 is 2.10 bits per heavy atom. The van der Waals surface area contributed by atoms with Crippen LogP contribution in [0.2, 0.25) is 0 Å². The molecule has 1 atom stereocenters. The van der Waals surface area contributed by atoms with Gasteiger partial charge in [-0.15, -0.1) is 10.2 Å². The van der Waals surface area contributed by atoms with Crippen molar-refractivity contribution in [2.24, 2.45) is 0 Å². The van der Waals surface area contributed by atoms with E-state index < -0.39 is 0 Å². The van der Waals surface area contributed by atoms with Crippen LogP contribution in [0.25, 0.3) is 11.5 Å². The quantitative estimate of drug-likeness (QED) is 0.869. The van der Waals surface area contributed by atoms with Crippen molar-refractivity contribution in [1.82, 2.24) is 15.1 Å². The van der Waals surface area contributed by atoms with Crippen LogP contribution in [-0.2, 0) is 0 Å². The minimum Gasteiger partial charge on any atom is -0.412 e. The number of carbonyl (C=O) groups excluding carboxylic acids is 1. The second-order valence-electron chi connectivity index (χ2n) is 5.33. The fourth-order valence-electron chi connectivity index (χ4n) is 2.82. The maximum Gasteiger partial charge on any atom is 0.311 e. The SMILES string of the molecule is CCC1CCCCN1C(=O)c1nnc(-c2ccccc2)o1. The zero-order chi connectivity index (χ0) is 14.7. The third-order valence-corrected chi connectivity index (χ3v) is 3.99. The van der Waals surface area contributed by atoms with Gasteiger partial charge in [-0.1, -0.05) is 25.1 Å². The second-order valence-corrected chi connectivity index (χ2v) is 5.33. The van der Waals surface area contributed by atoms with Gasteiger partial charge in [-0.05, 0) is 37.8 Å². The molecule has 110 valence electrons. The Hall–Kier alpha value is -2.17. The lowest BCUT2D eigenvalue weighted by Crippen LogP contribution is -2.43. The zero-order valence-corrected chi connectivity index (χ0v) is 12.2. The third-order valence-electron chi connectivity index (χ3n) is 3.99. The molecule has 0 radical (unpaired) electrons. The van der Waals surface area contributed by atoms with E-state index in [1.165, 1.54) is 6.42 Å². The molecule has 1 fully saturated rings. The predicted octanol–water partition coefficient (Wildman–Crippen LogP) is 3.14. The lowest BCUT2D eigenvalue weighted by Gasteiger charge is -2.34. The monoisotopic (exact) mass is 285 g/mol. The molecule has 0 N–H and O–H groups in total. The molecule has 1 saturated heterocycles. The topological polar surface area (TPSA) is 59.2 Å². The van der Waals surface area contributed by atoms with Crippen LogP contribution in [0, 0.1) is 0 Å². The number of nitrogens with zero attached hydrogens (tertiary/aromatic N) is 3. The fourth-order valence-corrected chi connectivity index (χ4v) is 2.82. The lowest BCUT2D eigenvalue weighted by atomic mass is 10.00. The van der Waals surface area contributed by atoms with Crippen LogP contribution in [0.1, 0.15) is 43.3 Å². The van der Waals surface area contributed by atoms with Gasteiger partial charge in [0.1, 0.15) is 0 Å². The number of carbonyl (C=O) groups is 1. The Balaban J connectivity index is 1.81. The van der Waals surface area contributed by atoms with Crippen LogP contribution in [0.3, 0.4) is 0 Å². The molecule has 0 saturated carbocycles. The number of benzene rings is 1. The average molecular weight is 285 g/mol. The summed E-state index contributed by atoms with van der Waals surface area (Å²) in [6.07, 6.45) is 4.25. The van der Waals surface area contributed by atoms with E-state index in [4.69, 9.17) is 4.42 Å². The smallest absolute Gasteiger partial charge is 0.311 e. The molecule has 1 aromatic heterocycles. The highest BCUT2D eigenvalue weighted by Gasteiger charge is 2.29. The number of hydrogen-bond donors (Lipinski definition) is 0. The third kappa shape index (κ3) is 2.82. The molecular weight excluding hydrogens is 266 g/mol. The zero-order valence-electron chi connectivity index (χ0n) is 12.2. The van der Waals surface area contributed by atoms with Crippen LogP contribution >= 0.6 is 0 Å². The first-order valence-electron chi connectivity index (χ1n) is 7.49. The van der Waals surface area contributed by atoms with Crippen LogP contribution in [-0.4, -0.2) is 33.6 Å². The summed E-state index contributed by atoms with van der Waals surface area (Å²) >= 11 is 0. The molecular formula is C16H19N3O2. The van der Waals surface area contributed by atoms with E-state index in [0.717, 1.165) is 31.4 Å². The van der Waals surface area contributed by atoms with Crippen molar-refractivity contribution in [3.05, 3.63) is 36.2 Å². The summed E-state index contributed by atoms with van der Waals surface area (Å²) in [5.41, 5.74) is 0.828. The predicted molar refractivity (Wildman–Crippen MR) is 78.7 cm³/mol. The van der Waals surface area contributed by atoms with Crippen LogP contribution in [0.15, 0.2) is 34.7 Å². The van der Waals surface area contributed by atoms with Gasteiger partial charge in [0.2, 0.25) is 5.89 Å². The standard InChI is InChI=1S/C16H19N3O2/c1-2-13-10-6-7-11-19(13)16(20)15-18-17-14(21-15)12-8-4-3-5-9-12/h3-5,8-9,13H,2,6-7,10-11H2,1H3. The van der Waals surface area contributed by atoms with E-state index in [0.29, 0.717) is 11.9 Å². The Morgan fingerprint density at radius 1 is 1.29 bits per heavy atom. The van der Waals surface area contributed by atoms with Gasteiger partial charge in [-0.3, -0.25) is 4.79 Å². The molecule has 2 heterocycles. The van der Waals surface area contributed by atoms with Gasteiger partial charge in [-0.2, -0.15) is 0 Å². The molecule has 5 nitrogen and oxygen atoms in total. The van der Waals surface area contributed by atoms with Crippen molar-refractivity contribution in [1.29, 1.82) is 0 Å². The maximum absolute atomic E-state index is 12.5. The normalized spacial score (nSPS) is 18.7. The van der Waals surface area contributed by atoms with Gasteiger partial charge in [-0.25, -0.2) is 0 Å². The van der Waals surface area contributed by atoms with E-state index in [1.54, 1.807) is 0 Å². The number of hydrogen-bond acceptors (Lipinski definition) is 4. The van der Waals surface area contributed by atoms with Crippen molar-refractivity contribution in [3.63, 3.8) is 0 Å². The molecule has 1 unspecified atom stereocenters. The van der Waals surface area contributed by atoms with E-state index in [1.807, 2.05) is 35.2 Å². The summed E-state index contributed by atoms with van der Waals surface area (Å²) in [6, 6.07) is 9.79. The molecule has 5 heteroatoms. The van der Waals surface area contributed by atoms with E-state index in [9.17, 15) is 4.79 Å². The first-order valence-corrected chi connectivity index (χ1v) is 7.49. The van der Waals surface area contributed by atoms with Gasteiger partial charge in [0, 0.05) is 18.2 Å². The molecule has 1 aliphatic heterocycles. The highest BCUT2D eigenvalue weighted by atomic mass is 16.4. The summed E-state index contributed by atoms with van der Waals surface area (Å²) < 4.78 is 5.56. The summed E-state index contributed by atoms with van der Waals surface area (Å²) in [5.74, 6) is 0.342. The molecule has 0 bridgehead atoms. The van der Waals surface area contributed by atoms with Gasteiger partial charge < -0.3 is 9.32 Å². The summed E-state index contributed by atoms with van der Waals surface area (Å²) in [4.78, 5) is 14.4. The molecule has 1 aliphatic rings. The number of likely N-dealkylation sites (tertiary alicyclic amines) is 1. The Kier molecular flexibility index (Phi) is 3.99. The Labute approximate surface area is 124 Å². The lowest BCUT2D eigenvalue weighted by molar-refractivity contribution is 0.0568. The van der Waals surface area contributed by atoms with E-state index in [-0.39, 0.29) is 11.8 Å². The van der Waals surface area contributed by atoms with Crippen molar-refractivity contribution >= 4 is 5.91 Å². The van der Waals surface area contributed by atoms with Crippen LogP contribution in [0.4, 0.5) is 0 Å². The Morgan fingerprint density at radius 3 is 2.86 bits per heavy atom.